The molecule has 1 aromatic carbocycles. The summed E-state index contributed by atoms with van der Waals surface area (Å²) in [6.07, 6.45) is 4.92. The highest BCUT2D eigenvalue weighted by Gasteiger charge is 2.25. The molecule has 9 nitrogen and oxygen atoms in total. The molecule has 1 fully saturated rings. The van der Waals surface area contributed by atoms with Crippen molar-refractivity contribution in [3.63, 3.8) is 0 Å². The number of nitrogens with zero attached hydrogens (tertiary/aromatic N) is 2. The number of nitriles is 1. The van der Waals surface area contributed by atoms with Crippen LogP contribution in [0.2, 0.25) is 0 Å². The normalized spacial score (nSPS) is 13.6. The molecule has 1 N–H and O–H groups in total. The van der Waals surface area contributed by atoms with Gasteiger partial charge < -0.3 is 24.4 Å². The predicted molar refractivity (Wildman–Crippen MR) is 113 cm³/mol. The van der Waals surface area contributed by atoms with Gasteiger partial charge in [-0.2, -0.15) is 5.26 Å². The number of nitrogens with one attached hydrogen (secondary N) is 1. The van der Waals surface area contributed by atoms with E-state index in [-0.39, 0.29) is 36.0 Å². The van der Waals surface area contributed by atoms with Crippen LogP contribution in [-0.4, -0.2) is 57.1 Å². The van der Waals surface area contributed by atoms with Crippen molar-refractivity contribution < 1.29 is 28.6 Å². The number of benzene rings is 1. The fourth-order valence-corrected chi connectivity index (χ4v) is 3.41. The minimum Gasteiger partial charge on any atom is -0.493 e. The first kappa shape index (κ1) is 24.0. The van der Waals surface area contributed by atoms with E-state index in [1.54, 1.807) is 0 Å². The van der Waals surface area contributed by atoms with Crippen molar-refractivity contribution in [3.8, 4) is 17.6 Å². The first-order valence-electron chi connectivity index (χ1n) is 10.3. The third-order valence-electron chi connectivity index (χ3n) is 5.29. The molecule has 31 heavy (non-hydrogen) atoms. The summed E-state index contributed by atoms with van der Waals surface area (Å²) in [6.45, 7) is -0.239. The SMILES string of the molecule is COc1cc(NC(=O)C2CCCCC2)c(C(=O)OCC(=O)N(C)CCC#N)cc1OC. The van der Waals surface area contributed by atoms with Gasteiger partial charge in [0.15, 0.2) is 18.1 Å². The Hall–Kier alpha value is -3.28. The number of amides is 2. The molecule has 1 saturated carbocycles. The number of esters is 1. The Morgan fingerprint density at radius 2 is 1.77 bits per heavy atom. The minimum atomic E-state index is -0.776. The smallest absolute Gasteiger partial charge is 0.340 e. The molecule has 0 unspecified atom stereocenters. The van der Waals surface area contributed by atoms with Crippen molar-refractivity contribution in [1.29, 1.82) is 5.26 Å². The largest absolute Gasteiger partial charge is 0.493 e. The molecule has 0 saturated heterocycles. The maximum Gasteiger partial charge on any atom is 0.340 e. The zero-order valence-corrected chi connectivity index (χ0v) is 18.2. The van der Waals surface area contributed by atoms with E-state index >= 15 is 0 Å². The van der Waals surface area contributed by atoms with Crippen LogP contribution in [0, 0.1) is 17.2 Å². The quantitative estimate of drug-likeness (QED) is 0.597. The zero-order valence-electron chi connectivity index (χ0n) is 18.2. The van der Waals surface area contributed by atoms with E-state index in [9.17, 15) is 14.4 Å². The molecule has 1 aliphatic rings. The van der Waals surface area contributed by atoms with Gasteiger partial charge in [0.2, 0.25) is 5.91 Å². The van der Waals surface area contributed by atoms with E-state index in [0.29, 0.717) is 11.5 Å². The monoisotopic (exact) mass is 431 g/mol. The van der Waals surface area contributed by atoms with Gasteiger partial charge in [-0.1, -0.05) is 19.3 Å². The fourth-order valence-electron chi connectivity index (χ4n) is 3.41. The highest BCUT2D eigenvalue weighted by molar-refractivity contribution is 6.03. The molecule has 1 aliphatic carbocycles. The summed E-state index contributed by atoms with van der Waals surface area (Å²) in [5.41, 5.74) is 0.304. The number of anilines is 1. The van der Waals surface area contributed by atoms with E-state index in [1.165, 1.54) is 38.3 Å². The summed E-state index contributed by atoms with van der Waals surface area (Å²) >= 11 is 0. The van der Waals surface area contributed by atoms with Crippen molar-refractivity contribution in [1.82, 2.24) is 4.90 Å². The molecule has 0 radical (unpaired) electrons. The Labute approximate surface area is 182 Å². The Morgan fingerprint density at radius 1 is 1.13 bits per heavy atom. The highest BCUT2D eigenvalue weighted by atomic mass is 16.5. The molecular weight excluding hydrogens is 402 g/mol. The van der Waals surface area contributed by atoms with Crippen molar-refractivity contribution in [2.45, 2.75) is 38.5 Å². The molecule has 0 heterocycles. The van der Waals surface area contributed by atoms with E-state index in [2.05, 4.69) is 5.32 Å². The van der Waals surface area contributed by atoms with Crippen LogP contribution in [0.15, 0.2) is 12.1 Å². The van der Waals surface area contributed by atoms with E-state index in [4.69, 9.17) is 19.5 Å². The molecule has 9 heteroatoms. The zero-order chi connectivity index (χ0) is 22.8. The highest BCUT2D eigenvalue weighted by Crippen LogP contribution is 2.34. The topological polar surface area (TPSA) is 118 Å². The molecule has 0 aromatic heterocycles. The third kappa shape index (κ3) is 6.60. The van der Waals surface area contributed by atoms with Crippen LogP contribution < -0.4 is 14.8 Å². The second kappa shape index (κ2) is 11.8. The lowest BCUT2D eigenvalue weighted by Gasteiger charge is -2.22. The third-order valence-corrected chi connectivity index (χ3v) is 5.29. The molecular formula is C22H29N3O6. The van der Waals surface area contributed by atoms with Gasteiger partial charge in [-0.05, 0) is 12.8 Å². The standard InChI is InChI=1S/C22H29N3O6/c1-25(11-7-10-23)20(26)14-31-22(28)16-12-18(29-2)19(30-3)13-17(16)24-21(27)15-8-5-4-6-9-15/h12-13,15H,4-9,11,14H2,1-3H3,(H,24,27). The van der Waals surface area contributed by atoms with Gasteiger partial charge in [0.1, 0.15) is 0 Å². The number of carbonyl (C=O) groups is 3. The summed E-state index contributed by atoms with van der Waals surface area (Å²) in [4.78, 5) is 38.9. The number of carbonyl (C=O) groups excluding carboxylic acids is 3. The summed E-state index contributed by atoms with van der Waals surface area (Å²) in [5.74, 6) is -0.832. The van der Waals surface area contributed by atoms with Crippen LogP contribution in [-0.2, 0) is 14.3 Å². The average molecular weight is 431 g/mol. The van der Waals surface area contributed by atoms with Gasteiger partial charge in [-0.15, -0.1) is 0 Å². The van der Waals surface area contributed by atoms with E-state index in [1.807, 2.05) is 6.07 Å². The van der Waals surface area contributed by atoms with Crippen LogP contribution in [0.5, 0.6) is 11.5 Å². The first-order valence-corrected chi connectivity index (χ1v) is 10.3. The summed E-state index contributed by atoms with van der Waals surface area (Å²) in [5, 5.41) is 11.4. The molecule has 2 amide bonds. The Bertz CT molecular complexity index is 842. The van der Waals surface area contributed by atoms with Crippen LogP contribution in [0.4, 0.5) is 5.69 Å². The Kier molecular flexibility index (Phi) is 9.13. The summed E-state index contributed by atoms with van der Waals surface area (Å²) in [7, 11) is 4.42. The summed E-state index contributed by atoms with van der Waals surface area (Å²) in [6, 6.07) is 4.88. The van der Waals surface area contributed by atoms with Crippen molar-refractivity contribution in [2.75, 3.05) is 39.7 Å². The second-order valence-corrected chi connectivity index (χ2v) is 7.38. The maximum absolute atomic E-state index is 12.7. The number of hydrogen-bond acceptors (Lipinski definition) is 7. The second-order valence-electron chi connectivity index (χ2n) is 7.38. The van der Waals surface area contributed by atoms with Crippen LogP contribution in [0.25, 0.3) is 0 Å². The lowest BCUT2D eigenvalue weighted by molar-refractivity contribution is -0.133. The molecule has 0 spiro atoms. The number of ether oxygens (including phenoxy) is 3. The number of hydrogen-bond donors (Lipinski definition) is 1. The fraction of sp³-hybridized carbons (Fsp3) is 0.545. The maximum atomic E-state index is 12.7. The van der Waals surface area contributed by atoms with Gasteiger partial charge in [-0.25, -0.2) is 4.79 Å². The Balaban J connectivity index is 2.19. The number of methoxy groups -OCH3 is 2. The van der Waals surface area contributed by atoms with E-state index < -0.39 is 18.5 Å². The average Bonchev–Trinajstić information content (AvgIpc) is 2.80. The van der Waals surface area contributed by atoms with Gasteiger partial charge in [0.25, 0.3) is 5.91 Å². The molecule has 2 rings (SSSR count). The lowest BCUT2D eigenvalue weighted by atomic mass is 9.88. The van der Waals surface area contributed by atoms with Crippen LogP contribution >= 0.6 is 0 Å². The van der Waals surface area contributed by atoms with Crippen molar-refractivity contribution in [2.24, 2.45) is 5.92 Å². The molecule has 168 valence electrons. The lowest BCUT2D eigenvalue weighted by Crippen LogP contribution is -2.32. The number of likely N-dealkylation sites (N-methyl/N-ethyl adjacent to an activating group) is 1. The van der Waals surface area contributed by atoms with Gasteiger partial charge in [-0.3, -0.25) is 9.59 Å². The minimum absolute atomic E-state index is 0.0642. The predicted octanol–water partition coefficient (Wildman–Crippen LogP) is 2.75. The molecule has 0 atom stereocenters. The molecule has 0 aliphatic heterocycles. The van der Waals surface area contributed by atoms with Crippen molar-refractivity contribution >= 4 is 23.5 Å². The number of rotatable bonds is 9. The molecule has 0 bridgehead atoms. The van der Waals surface area contributed by atoms with Gasteiger partial charge in [0, 0.05) is 31.6 Å². The van der Waals surface area contributed by atoms with Gasteiger partial charge >= 0.3 is 5.97 Å². The van der Waals surface area contributed by atoms with Gasteiger partial charge in [0.05, 0.1) is 38.0 Å². The molecule has 1 aromatic rings. The van der Waals surface area contributed by atoms with E-state index in [0.717, 1.165) is 32.1 Å². The van der Waals surface area contributed by atoms with Crippen LogP contribution in [0.1, 0.15) is 48.9 Å². The summed E-state index contributed by atoms with van der Waals surface area (Å²) < 4.78 is 15.7. The van der Waals surface area contributed by atoms with Crippen LogP contribution in [0.3, 0.4) is 0 Å². The Morgan fingerprint density at radius 3 is 2.39 bits per heavy atom. The first-order chi connectivity index (χ1) is 14.9. The van der Waals surface area contributed by atoms with Crippen molar-refractivity contribution in [3.05, 3.63) is 17.7 Å².